The van der Waals surface area contributed by atoms with Gasteiger partial charge in [0.05, 0.1) is 5.69 Å². The average molecular weight is 398 g/mol. The van der Waals surface area contributed by atoms with Crippen LogP contribution < -0.4 is 15.4 Å². The number of para-hydroxylation sites is 1. The van der Waals surface area contributed by atoms with Crippen molar-refractivity contribution >= 4 is 23.2 Å². The standard InChI is InChI=1S/C20H16F2N4O3/c1-10-9-26(18-13(21)4-3-5-14(18)22)25-17(10)20(28)23-12-6-7-16-15(8-12)24-19(27)11(2)29-16/h3-9,11H,1-2H3,(H,23,28)(H,24,27)/t11-/m0/s1. The summed E-state index contributed by atoms with van der Waals surface area (Å²) in [5.41, 5.74) is 0.921. The number of fused-ring (bicyclic) bond motifs is 1. The molecule has 0 bridgehead atoms. The summed E-state index contributed by atoms with van der Waals surface area (Å²) in [4.78, 5) is 24.4. The van der Waals surface area contributed by atoms with E-state index in [-0.39, 0.29) is 17.3 Å². The van der Waals surface area contributed by atoms with Crippen LogP contribution in [0.1, 0.15) is 23.0 Å². The molecule has 0 aliphatic carbocycles. The molecule has 2 heterocycles. The highest BCUT2D eigenvalue weighted by atomic mass is 19.1. The van der Waals surface area contributed by atoms with Crippen LogP contribution in [0.3, 0.4) is 0 Å². The maximum Gasteiger partial charge on any atom is 0.276 e. The summed E-state index contributed by atoms with van der Waals surface area (Å²) >= 11 is 0. The van der Waals surface area contributed by atoms with E-state index in [1.165, 1.54) is 12.3 Å². The molecule has 1 aliphatic rings. The van der Waals surface area contributed by atoms with Gasteiger partial charge in [0.15, 0.2) is 23.4 Å². The summed E-state index contributed by atoms with van der Waals surface area (Å²) < 4.78 is 34.5. The van der Waals surface area contributed by atoms with E-state index < -0.39 is 23.6 Å². The number of hydrogen-bond acceptors (Lipinski definition) is 4. The molecule has 1 atom stereocenters. The molecule has 9 heteroatoms. The van der Waals surface area contributed by atoms with Crippen LogP contribution in [0.4, 0.5) is 20.2 Å². The summed E-state index contributed by atoms with van der Waals surface area (Å²) in [5, 5.41) is 9.39. The largest absolute Gasteiger partial charge is 0.479 e. The van der Waals surface area contributed by atoms with Crippen LogP contribution in [-0.4, -0.2) is 27.7 Å². The first-order chi connectivity index (χ1) is 13.8. The Labute approximate surface area is 164 Å². The Hall–Kier alpha value is -3.75. The predicted octanol–water partition coefficient (Wildman–Crippen LogP) is 3.43. The van der Waals surface area contributed by atoms with Gasteiger partial charge in [0.2, 0.25) is 0 Å². The van der Waals surface area contributed by atoms with Crippen LogP contribution in [0, 0.1) is 18.6 Å². The van der Waals surface area contributed by atoms with Crippen molar-refractivity contribution in [2.24, 2.45) is 0 Å². The minimum absolute atomic E-state index is 0.0132. The normalized spacial score (nSPS) is 15.3. The number of aromatic nitrogens is 2. The van der Waals surface area contributed by atoms with Crippen molar-refractivity contribution in [3.05, 3.63) is 65.5 Å². The summed E-state index contributed by atoms with van der Waals surface area (Å²) in [6, 6.07) is 8.27. The lowest BCUT2D eigenvalue weighted by molar-refractivity contribution is -0.122. The van der Waals surface area contributed by atoms with Crippen molar-refractivity contribution < 1.29 is 23.1 Å². The van der Waals surface area contributed by atoms with Crippen LogP contribution in [0.5, 0.6) is 5.75 Å². The molecule has 7 nitrogen and oxygen atoms in total. The van der Waals surface area contributed by atoms with Gasteiger partial charge in [0, 0.05) is 17.4 Å². The van der Waals surface area contributed by atoms with E-state index in [1.54, 1.807) is 32.0 Å². The number of anilines is 2. The first-order valence-corrected chi connectivity index (χ1v) is 8.77. The summed E-state index contributed by atoms with van der Waals surface area (Å²) in [7, 11) is 0. The van der Waals surface area contributed by atoms with E-state index in [1.807, 2.05) is 0 Å². The number of nitrogens with zero attached hydrogens (tertiary/aromatic N) is 2. The van der Waals surface area contributed by atoms with Gasteiger partial charge in [-0.15, -0.1) is 0 Å². The number of amides is 2. The molecule has 0 fully saturated rings. The Bertz CT molecular complexity index is 1120. The first-order valence-electron chi connectivity index (χ1n) is 8.77. The van der Waals surface area contributed by atoms with Crippen molar-refractivity contribution in [3.8, 4) is 11.4 Å². The van der Waals surface area contributed by atoms with Gasteiger partial charge < -0.3 is 15.4 Å². The zero-order valence-electron chi connectivity index (χ0n) is 15.5. The highest BCUT2D eigenvalue weighted by molar-refractivity contribution is 6.05. The molecule has 0 unspecified atom stereocenters. The minimum atomic E-state index is -0.792. The molecule has 2 aromatic carbocycles. The third-order valence-corrected chi connectivity index (χ3v) is 4.45. The van der Waals surface area contributed by atoms with E-state index in [0.29, 0.717) is 22.7 Å². The van der Waals surface area contributed by atoms with Crippen LogP contribution in [0.2, 0.25) is 0 Å². The second kappa shape index (κ2) is 7.01. The van der Waals surface area contributed by atoms with Crippen molar-refractivity contribution in [2.75, 3.05) is 10.6 Å². The Morgan fingerprint density at radius 2 is 1.97 bits per heavy atom. The van der Waals surface area contributed by atoms with E-state index in [2.05, 4.69) is 15.7 Å². The quantitative estimate of drug-likeness (QED) is 0.708. The molecule has 3 aromatic rings. The molecule has 0 radical (unpaired) electrons. The summed E-state index contributed by atoms with van der Waals surface area (Å²) in [5.74, 6) is -1.94. The van der Waals surface area contributed by atoms with Gasteiger partial charge in [0.1, 0.15) is 11.4 Å². The molecule has 1 aromatic heterocycles. The Morgan fingerprint density at radius 1 is 1.24 bits per heavy atom. The maximum atomic E-state index is 14.0. The van der Waals surface area contributed by atoms with Crippen molar-refractivity contribution in [2.45, 2.75) is 20.0 Å². The molecule has 1 aliphatic heterocycles. The van der Waals surface area contributed by atoms with Crippen LogP contribution in [0.25, 0.3) is 5.69 Å². The highest BCUT2D eigenvalue weighted by Gasteiger charge is 2.24. The average Bonchev–Trinajstić information content (AvgIpc) is 3.04. The lowest BCUT2D eigenvalue weighted by Gasteiger charge is -2.23. The number of carbonyl (C=O) groups is 2. The zero-order valence-corrected chi connectivity index (χ0v) is 15.5. The van der Waals surface area contributed by atoms with Gasteiger partial charge in [-0.3, -0.25) is 9.59 Å². The third-order valence-electron chi connectivity index (χ3n) is 4.45. The SMILES string of the molecule is Cc1cn(-c2c(F)cccc2F)nc1C(=O)Nc1ccc2c(c1)NC(=O)[C@H](C)O2. The number of benzene rings is 2. The van der Waals surface area contributed by atoms with E-state index >= 15 is 0 Å². The van der Waals surface area contributed by atoms with E-state index in [4.69, 9.17) is 4.74 Å². The van der Waals surface area contributed by atoms with Crippen LogP contribution >= 0.6 is 0 Å². The molecule has 2 amide bonds. The van der Waals surface area contributed by atoms with Gasteiger partial charge in [-0.1, -0.05) is 6.07 Å². The third kappa shape index (κ3) is 3.42. The fourth-order valence-corrected chi connectivity index (χ4v) is 2.98. The second-order valence-electron chi connectivity index (χ2n) is 6.59. The van der Waals surface area contributed by atoms with Crippen LogP contribution in [0.15, 0.2) is 42.6 Å². The molecule has 2 N–H and O–H groups in total. The van der Waals surface area contributed by atoms with Crippen molar-refractivity contribution in [1.29, 1.82) is 0 Å². The number of carbonyl (C=O) groups excluding carboxylic acids is 2. The van der Waals surface area contributed by atoms with E-state index in [0.717, 1.165) is 16.8 Å². The van der Waals surface area contributed by atoms with E-state index in [9.17, 15) is 18.4 Å². The molecular weight excluding hydrogens is 382 g/mol. The maximum absolute atomic E-state index is 14.0. The molecule has 0 saturated carbocycles. The van der Waals surface area contributed by atoms with Crippen molar-refractivity contribution in [1.82, 2.24) is 9.78 Å². The smallest absolute Gasteiger partial charge is 0.276 e. The Balaban J connectivity index is 1.59. The van der Waals surface area contributed by atoms with Gasteiger partial charge in [-0.25, -0.2) is 13.5 Å². The molecule has 0 saturated heterocycles. The van der Waals surface area contributed by atoms with Crippen molar-refractivity contribution in [3.63, 3.8) is 0 Å². The molecule has 0 spiro atoms. The van der Waals surface area contributed by atoms with Gasteiger partial charge in [-0.05, 0) is 44.2 Å². The predicted molar refractivity (Wildman–Crippen MR) is 101 cm³/mol. The number of nitrogens with one attached hydrogen (secondary N) is 2. The lowest BCUT2D eigenvalue weighted by atomic mass is 10.2. The number of halogens is 2. The number of aryl methyl sites for hydroxylation is 1. The Kier molecular flexibility index (Phi) is 4.50. The molecule has 148 valence electrons. The fourth-order valence-electron chi connectivity index (χ4n) is 2.98. The van der Waals surface area contributed by atoms with Gasteiger partial charge in [-0.2, -0.15) is 5.10 Å². The van der Waals surface area contributed by atoms with Gasteiger partial charge in [0.25, 0.3) is 11.8 Å². The fraction of sp³-hybridized carbons (Fsp3) is 0.150. The van der Waals surface area contributed by atoms with Crippen LogP contribution in [-0.2, 0) is 4.79 Å². The molecule has 29 heavy (non-hydrogen) atoms. The lowest BCUT2D eigenvalue weighted by Crippen LogP contribution is -2.34. The number of rotatable bonds is 3. The Morgan fingerprint density at radius 3 is 2.69 bits per heavy atom. The van der Waals surface area contributed by atoms with Gasteiger partial charge >= 0.3 is 0 Å². The first kappa shape index (κ1) is 18.6. The number of ether oxygens (including phenoxy) is 1. The minimum Gasteiger partial charge on any atom is -0.479 e. The number of hydrogen-bond donors (Lipinski definition) is 2. The monoisotopic (exact) mass is 398 g/mol. The molecular formula is C20H16F2N4O3. The summed E-state index contributed by atoms with van der Waals surface area (Å²) in [6.07, 6.45) is 0.770. The molecule has 4 rings (SSSR count). The summed E-state index contributed by atoms with van der Waals surface area (Å²) in [6.45, 7) is 3.24. The zero-order chi connectivity index (χ0) is 20.7. The topological polar surface area (TPSA) is 85.3 Å². The second-order valence-corrected chi connectivity index (χ2v) is 6.59. The highest BCUT2D eigenvalue weighted by Crippen LogP contribution is 2.32.